The first-order chi connectivity index (χ1) is 13.8. The summed E-state index contributed by atoms with van der Waals surface area (Å²) in [6.07, 6.45) is 0.198. The summed E-state index contributed by atoms with van der Waals surface area (Å²) in [6.45, 7) is 2.36. The molecule has 0 N–H and O–H groups in total. The molecule has 2 unspecified atom stereocenters. The molecule has 1 amide bonds. The van der Waals surface area contributed by atoms with E-state index in [4.69, 9.17) is 0 Å². The molecule has 0 spiro atoms. The number of rotatable bonds is 4. The fourth-order valence-electron chi connectivity index (χ4n) is 3.75. The van der Waals surface area contributed by atoms with Gasteiger partial charge in [-0.15, -0.1) is 0 Å². The summed E-state index contributed by atoms with van der Waals surface area (Å²) >= 11 is 1.36. The zero-order valence-electron chi connectivity index (χ0n) is 15.9. The Morgan fingerprint density at radius 3 is 2.66 bits per heavy atom. The monoisotopic (exact) mass is 432 g/mol. The van der Waals surface area contributed by atoms with Gasteiger partial charge in [0, 0.05) is 11.8 Å². The van der Waals surface area contributed by atoms with Gasteiger partial charge in [-0.05, 0) is 30.2 Å². The van der Waals surface area contributed by atoms with Crippen LogP contribution < -0.4 is 0 Å². The molecule has 2 aromatic carbocycles. The van der Waals surface area contributed by atoms with Crippen molar-refractivity contribution in [2.45, 2.75) is 31.2 Å². The summed E-state index contributed by atoms with van der Waals surface area (Å²) < 4.78 is 37.4. The lowest BCUT2D eigenvalue weighted by Crippen LogP contribution is -2.37. The van der Waals surface area contributed by atoms with Crippen LogP contribution in [0.5, 0.6) is 0 Å². The average Bonchev–Trinajstić information content (AvgIpc) is 3.09. The number of halogens is 1. The number of amides is 1. The summed E-state index contributed by atoms with van der Waals surface area (Å²) in [4.78, 5) is 18.8. The minimum Gasteiger partial charge on any atom is -0.342 e. The van der Waals surface area contributed by atoms with Crippen LogP contribution >= 0.6 is 11.8 Å². The van der Waals surface area contributed by atoms with E-state index >= 15 is 0 Å². The van der Waals surface area contributed by atoms with E-state index in [0.29, 0.717) is 11.7 Å². The number of benzene rings is 2. The largest absolute Gasteiger partial charge is 0.342 e. The summed E-state index contributed by atoms with van der Waals surface area (Å²) in [5.41, 5.74) is 2.82. The minimum absolute atomic E-state index is 0.0525. The van der Waals surface area contributed by atoms with Crippen LogP contribution in [0.2, 0.25) is 0 Å². The first kappa shape index (κ1) is 20.1. The number of hydrogen-bond donors (Lipinski definition) is 0. The fraction of sp³-hybridized carbons (Fsp3) is 0.333. The predicted molar refractivity (Wildman–Crippen MR) is 113 cm³/mol. The van der Waals surface area contributed by atoms with Crippen molar-refractivity contribution in [1.82, 2.24) is 4.90 Å². The molecular formula is C21H21FN2O3S2. The number of fused-ring (bicyclic) bond motifs is 1. The van der Waals surface area contributed by atoms with Crippen LogP contribution in [0.1, 0.15) is 16.7 Å². The summed E-state index contributed by atoms with van der Waals surface area (Å²) in [5, 5.41) is 0.419. The van der Waals surface area contributed by atoms with Crippen molar-refractivity contribution in [3.63, 3.8) is 0 Å². The van der Waals surface area contributed by atoms with Gasteiger partial charge in [-0.3, -0.25) is 4.79 Å². The summed E-state index contributed by atoms with van der Waals surface area (Å²) in [6, 6.07) is 13.6. The second-order valence-corrected chi connectivity index (χ2v) is 10.9. The second-order valence-electron chi connectivity index (χ2n) is 7.51. The molecule has 2 aromatic rings. The zero-order chi connectivity index (χ0) is 20.6. The highest BCUT2D eigenvalue weighted by Crippen LogP contribution is 2.39. The van der Waals surface area contributed by atoms with Gasteiger partial charge in [0.15, 0.2) is 15.0 Å². The van der Waals surface area contributed by atoms with Gasteiger partial charge in [-0.25, -0.2) is 12.8 Å². The molecule has 2 fully saturated rings. The molecule has 5 nitrogen and oxygen atoms in total. The maximum Gasteiger partial charge on any atom is 0.252 e. The van der Waals surface area contributed by atoms with Gasteiger partial charge in [-0.2, -0.15) is 4.99 Å². The van der Waals surface area contributed by atoms with Crippen LogP contribution in [-0.2, 0) is 27.6 Å². The van der Waals surface area contributed by atoms with Gasteiger partial charge < -0.3 is 4.90 Å². The van der Waals surface area contributed by atoms with Crippen molar-refractivity contribution in [3.05, 3.63) is 71.0 Å². The van der Waals surface area contributed by atoms with Gasteiger partial charge in [0.2, 0.25) is 0 Å². The van der Waals surface area contributed by atoms with Crippen LogP contribution in [0.25, 0.3) is 0 Å². The van der Waals surface area contributed by atoms with Crippen LogP contribution in [-0.4, -0.2) is 47.2 Å². The molecule has 2 atom stereocenters. The molecule has 0 aromatic heterocycles. The number of nitrogens with zero attached hydrogens (tertiary/aromatic N) is 2. The lowest BCUT2D eigenvalue weighted by molar-refractivity contribution is -0.117. The molecule has 2 heterocycles. The quantitative estimate of drug-likeness (QED) is 0.743. The van der Waals surface area contributed by atoms with E-state index in [1.165, 1.54) is 23.9 Å². The number of aryl methyl sites for hydroxylation is 1. The summed E-state index contributed by atoms with van der Waals surface area (Å²) in [7, 11) is -3.11. The normalized spacial score (nSPS) is 24.1. The van der Waals surface area contributed by atoms with E-state index < -0.39 is 9.84 Å². The van der Waals surface area contributed by atoms with Gasteiger partial charge in [-0.1, -0.05) is 53.7 Å². The Morgan fingerprint density at radius 1 is 1.17 bits per heavy atom. The Hall–Kier alpha value is -2.19. The van der Waals surface area contributed by atoms with Crippen molar-refractivity contribution in [2.24, 2.45) is 4.99 Å². The maximum absolute atomic E-state index is 13.2. The van der Waals surface area contributed by atoms with E-state index in [2.05, 4.69) is 4.99 Å². The Morgan fingerprint density at radius 2 is 1.93 bits per heavy atom. The highest BCUT2D eigenvalue weighted by atomic mass is 32.2. The zero-order valence-corrected chi connectivity index (χ0v) is 17.5. The van der Waals surface area contributed by atoms with Crippen molar-refractivity contribution in [2.75, 3.05) is 11.5 Å². The number of carbonyl (C=O) groups excluding carboxylic acids is 1. The molecule has 8 heteroatoms. The van der Waals surface area contributed by atoms with E-state index in [1.54, 1.807) is 12.1 Å². The molecule has 2 saturated heterocycles. The Bertz CT molecular complexity index is 1070. The van der Waals surface area contributed by atoms with Gasteiger partial charge in [0.05, 0.1) is 24.0 Å². The van der Waals surface area contributed by atoms with Crippen molar-refractivity contribution in [3.8, 4) is 0 Å². The Labute approximate surface area is 173 Å². The van der Waals surface area contributed by atoms with Gasteiger partial charge in [0.1, 0.15) is 5.82 Å². The van der Waals surface area contributed by atoms with E-state index in [0.717, 1.165) is 16.7 Å². The highest BCUT2D eigenvalue weighted by molar-refractivity contribution is 8.15. The van der Waals surface area contributed by atoms with Crippen molar-refractivity contribution in [1.29, 1.82) is 0 Å². The topological polar surface area (TPSA) is 66.8 Å². The van der Waals surface area contributed by atoms with Crippen LogP contribution in [0.3, 0.4) is 0 Å². The Kier molecular flexibility index (Phi) is 5.48. The SMILES string of the molecule is Cc1cccc(CC(=O)N=C2SC3CS(=O)(=O)CC3N2Cc2ccc(F)cc2)c1. The first-order valence-electron chi connectivity index (χ1n) is 9.34. The number of sulfone groups is 1. The predicted octanol–water partition coefficient (Wildman–Crippen LogP) is 2.97. The lowest BCUT2D eigenvalue weighted by atomic mass is 10.1. The number of hydrogen-bond acceptors (Lipinski definition) is 4. The van der Waals surface area contributed by atoms with Gasteiger partial charge >= 0.3 is 0 Å². The number of thioether (sulfide) groups is 1. The van der Waals surface area contributed by atoms with Crippen LogP contribution in [0.15, 0.2) is 53.5 Å². The molecule has 29 heavy (non-hydrogen) atoms. The smallest absolute Gasteiger partial charge is 0.252 e. The standard InChI is InChI=1S/C21H21FN2O3S2/c1-14-3-2-4-16(9-14)10-20(25)23-21-24(11-15-5-7-17(22)8-6-15)18-12-29(26,27)13-19(18)28-21/h2-9,18-19H,10-13H2,1H3. The number of carbonyl (C=O) groups is 1. The molecule has 0 aliphatic carbocycles. The van der Waals surface area contributed by atoms with Crippen molar-refractivity contribution >= 4 is 32.7 Å². The first-order valence-corrected chi connectivity index (χ1v) is 12.0. The maximum atomic E-state index is 13.2. The third kappa shape index (κ3) is 4.70. The van der Waals surface area contributed by atoms with Crippen molar-refractivity contribution < 1.29 is 17.6 Å². The number of amidine groups is 1. The van der Waals surface area contributed by atoms with Crippen LogP contribution in [0, 0.1) is 12.7 Å². The molecule has 152 valence electrons. The van der Waals surface area contributed by atoms with E-state index in [-0.39, 0.29) is 40.9 Å². The average molecular weight is 433 g/mol. The Balaban J connectivity index is 1.57. The fourth-order valence-corrected chi connectivity index (χ4v) is 7.72. The molecule has 2 aliphatic heterocycles. The third-order valence-corrected chi connectivity index (χ3v) is 8.35. The van der Waals surface area contributed by atoms with Crippen LogP contribution in [0.4, 0.5) is 4.39 Å². The molecule has 0 radical (unpaired) electrons. The molecule has 0 saturated carbocycles. The third-order valence-electron chi connectivity index (χ3n) is 5.10. The molecule has 4 rings (SSSR count). The van der Waals surface area contributed by atoms with E-state index in [9.17, 15) is 17.6 Å². The minimum atomic E-state index is -3.11. The lowest BCUT2D eigenvalue weighted by Gasteiger charge is -2.24. The summed E-state index contributed by atoms with van der Waals surface area (Å²) in [5.74, 6) is -0.442. The van der Waals surface area contributed by atoms with Gasteiger partial charge in [0.25, 0.3) is 5.91 Å². The second kappa shape index (κ2) is 7.91. The highest BCUT2D eigenvalue weighted by Gasteiger charge is 2.48. The molecule has 0 bridgehead atoms. The number of aliphatic imine (C=N–C) groups is 1. The molecule has 2 aliphatic rings. The molecular weight excluding hydrogens is 411 g/mol. The van der Waals surface area contributed by atoms with E-state index in [1.807, 2.05) is 36.1 Å².